The standard InChI is InChI=1S/C28H28N2O3/c1-4-26(30(18-28(32)33-3)20-15-13-19(2)14-16-20)27(31)17-23-21-9-5-7-11-24(21)29-25-12-8-6-10-22(23)25/h5-16,26H,4,17-18H2,1-3H3/t26-/m1/s1. The zero-order chi connectivity index (χ0) is 23.4. The number of nitrogens with zero attached hydrogens (tertiary/aromatic N) is 2. The van der Waals surface area contributed by atoms with E-state index in [9.17, 15) is 9.59 Å². The Balaban J connectivity index is 1.75. The van der Waals surface area contributed by atoms with E-state index in [-0.39, 0.29) is 24.7 Å². The Bertz CT molecular complexity index is 1240. The number of esters is 1. The van der Waals surface area contributed by atoms with Crippen LogP contribution in [0.2, 0.25) is 0 Å². The molecule has 0 aliphatic carbocycles. The molecule has 5 heteroatoms. The molecule has 0 aliphatic heterocycles. The number of fused-ring (bicyclic) bond motifs is 2. The highest BCUT2D eigenvalue weighted by molar-refractivity contribution is 6.02. The lowest BCUT2D eigenvalue weighted by Gasteiger charge is -2.31. The first kappa shape index (κ1) is 22.5. The van der Waals surface area contributed by atoms with E-state index in [4.69, 9.17) is 9.72 Å². The molecule has 0 aliphatic rings. The van der Waals surface area contributed by atoms with E-state index >= 15 is 0 Å². The minimum absolute atomic E-state index is 0.0155. The average molecular weight is 441 g/mol. The predicted molar refractivity (Wildman–Crippen MR) is 133 cm³/mol. The van der Waals surface area contributed by atoms with Gasteiger partial charge in [0.05, 0.1) is 24.2 Å². The summed E-state index contributed by atoms with van der Waals surface area (Å²) in [5.74, 6) is -0.315. The van der Waals surface area contributed by atoms with E-state index in [2.05, 4.69) is 0 Å². The van der Waals surface area contributed by atoms with Crippen molar-refractivity contribution in [3.63, 3.8) is 0 Å². The molecule has 168 valence electrons. The highest BCUT2D eigenvalue weighted by Gasteiger charge is 2.28. The van der Waals surface area contributed by atoms with Gasteiger partial charge in [0.2, 0.25) is 0 Å². The fraction of sp³-hybridized carbons (Fsp3) is 0.250. The molecule has 0 saturated carbocycles. The molecule has 0 saturated heterocycles. The fourth-order valence-corrected chi connectivity index (χ4v) is 4.35. The van der Waals surface area contributed by atoms with Gasteiger partial charge in [-0.05, 0) is 43.2 Å². The van der Waals surface area contributed by atoms with Gasteiger partial charge in [0.25, 0.3) is 0 Å². The first-order chi connectivity index (χ1) is 16.0. The minimum Gasteiger partial charge on any atom is -0.468 e. The molecule has 33 heavy (non-hydrogen) atoms. The van der Waals surface area contributed by atoms with Crippen LogP contribution in [0.25, 0.3) is 21.8 Å². The highest BCUT2D eigenvalue weighted by Crippen LogP contribution is 2.28. The molecular formula is C28H28N2O3. The van der Waals surface area contributed by atoms with Crippen LogP contribution >= 0.6 is 0 Å². The number of hydrogen-bond donors (Lipinski definition) is 0. The number of hydrogen-bond acceptors (Lipinski definition) is 5. The quantitative estimate of drug-likeness (QED) is 0.276. The monoisotopic (exact) mass is 440 g/mol. The van der Waals surface area contributed by atoms with Crippen LogP contribution in [-0.2, 0) is 20.7 Å². The van der Waals surface area contributed by atoms with Gasteiger partial charge in [-0.15, -0.1) is 0 Å². The third kappa shape index (κ3) is 4.72. The van der Waals surface area contributed by atoms with Crippen LogP contribution in [-0.4, -0.2) is 36.4 Å². The maximum absolute atomic E-state index is 13.8. The first-order valence-electron chi connectivity index (χ1n) is 11.2. The van der Waals surface area contributed by atoms with Gasteiger partial charge in [-0.25, -0.2) is 4.98 Å². The maximum atomic E-state index is 13.8. The summed E-state index contributed by atoms with van der Waals surface area (Å²) >= 11 is 0. The van der Waals surface area contributed by atoms with Crippen LogP contribution in [0.5, 0.6) is 0 Å². The summed E-state index contributed by atoms with van der Waals surface area (Å²) in [4.78, 5) is 32.6. The van der Waals surface area contributed by atoms with E-state index in [0.717, 1.165) is 38.6 Å². The number of methoxy groups -OCH3 is 1. The zero-order valence-electron chi connectivity index (χ0n) is 19.2. The first-order valence-corrected chi connectivity index (χ1v) is 11.2. The van der Waals surface area contributed by atoms with Gasteiger partial charge in [-0.2, -0.15) is 0 Å². The molecule has 0 radical (unpaired) electrons. The molecule has 5 nitrogen and oxygen atoms in total. The molecule has 0 bridgehead atoms. The Morgan fingerprint density at radius 3 is 2.03 bits per heavy atom. The van der Waals surface area contributed by atoms with Crippen LogP contribution < -0.4 is 4.90 Å². The maximum Gasteiger partial charge on any atom is 0.325 e. The van der Waals surface area contributed by atoms with E-state index in [1.807, 2.05) is 91.5 Å². The molecule has 4 aromatic rings. The van der Waals surface area contributed by atoms with E-state index in [1.165, 1.54) is 7.11 Å². The smallest absolute Gasteiger partial charge is 0.325 e. The second kappa shape index (κ2) is 9.82. The number of ketones is 1. The zero-order valence-corrected chi connectivity index (χ0v) is 19.2. The molecule has 1 heterocycles. The van der Waals surface area contributed by atoms with E-state index in [1.54, 1.807) is 0 Å². The van der Waals surface area contributed by atoms with Crippen molar-refractivity contribution >= 4 is 39.2 Å². The second-order valence-electron chi connectivity index (χ2n) is 8.23. The highest BCUT2D eigenvalue weighted by atomic mass is 16.5. The number of Topliss-reactive ketones (excluding diaryl/α,β-unsaturated/α-hetero) is 1. The predicted octanol–water partition coefficient (Wildman–Crippen LogP) is 5.27. The minimum atomic E-state index is -0.461. The van der Waals surface area contributed by atoms with Gasteiger partial charge in [0.15, 0.2) is 5.78 Å². The molecule has 1 atom stereocenters. The molecule has 0 amide bonds. The third-order valence-corrected chi connectivity index (χ3v) is 6.08. The summed E-state index contributed by atoms with van der Waals surface area (Å²) in [7, 11) is 1.37. The Morgan fingerprint density at radius 2 is 1.48 bits per heavy atom. The Morgan fingerprint density at radius 1 is 0.909 bits per heavy atom. The lowest BCUT2D eigenvalue weighted by Crippen LogP contribution is -2.45. The van der Waals surface area contributed by atoms with Crippen molar-refractivity contribution in [2.24, 2.45) is 0 Å². The van der Waals surface area contributed by atoms with Crippen molar-refractivity contribution in [1.29, 1.82) is 0 Å². The van der Waals surface area contributed by atoms with Crippen LogP contribution in [0.15, 0.2) is 72.8 Å². The Kier molecular flexibility index (Phi) is 6.68. The summed E-state index contributed by atoms with van der Waals surface area (Å²) in [6, 6.07) is 23.3. The summed E-state index contributed by atoms with van der Waals surface area (Å²) in [6.45, 7) is 4.00. The van der Waals surface area contributed by atoms with Gasteiger partial charge in [-0.1, -0.05) is 61.0 Å². The van der Waals surface area contributed by atoms with Gasteiger partial charge in [0.1, 0.15) is 6.54 Å². The molecular weight excluding hydrogens is 412 g/mol. The Hall–Kier alpha value is -3.73. The average Bonchev–Trinajstić information content (AvgIpc) is 2.84. The SMILES string of the molecule is CC[C@H](C(=O)Cc1c2ccccc2nc2ccccc12)N(CC(=O)OC)c1ccc(C)cc1. The number of para-hydroxylation sites is 2. The second-order valence-corrected chi connectivity index (χ2v) is 8.23. The normalized spacial score (nSPS) is 12.0. The van der Waals surface area contributed by atoms with Gasteiger partial charge >= 0.3 is 5.97 Å². The van der Waals surface area contributed by atoms with Crippen molar-refractivity contribution in [2.45, 2.75) is 32.7 Å². The molecule has 4 rings (SSSR count). The van der Waals surface area contributed by atoms with Gasteiger partial charge < -0.3 is 9.64 Å². The topological polar surface area (TPSA) is 59.5 Å². The van der Waals surface area contributed by atoms with Crippen molar-refractivity contribution in [1.82, 2.24) is 4.98 Å². The van der Waals surface area contributed by atoms with Crippen molar-refractivity contribution < 1.29 is 14.3 Å². The number of anilines is 1. The van der Waals surface area contributed by atoms with Gasteiger partial charge in [0, 0.05) is 22.9 Å². The number of pyridine rings is 1. The summed E-state index contributed by atoms with van der Waals surface area (Å²) < 4.78 is 4.93. The Labute approximate surface area is 194 Å². The number of rotatable bonds is 8. The summed E-state index contributed by atoms with van der Waals surface area (Å²) in [5.41, 5.74) is 4.66. The molecule has 1 aromatic heterocycles. The molecule has 3 aromatic carbocycles. The number of benzene rings is 3. The van der Waals surface area contributed by atoms with Crippen LogP contribution in [0.3, 0.4) is 0 Å². The van der Waals surface area contributed by atoms with Crippen molar-refractivity contribution in [2.75, 3.05) is 18.6 Å². The largest absolute Gasteiger partial charge is 0.468 e. The van der Waals surface area contributed by atoms with E-state index in [0.29, 0.717) is 6.42 Å². The summed E-state index contributed by atoms with van der Waals surface area (Å²) in [6.07, 6.45) is 0.830. The van der Waals surface area contributed by atoms with Crippen LogP contribution in [0.1, 0.15) is 24.5 Å². The number of carbonyl (C=O) groups excluding carboxylic acids is 2. The number of aryl methyl sites for hydroxylation is 1. The van der Waals surface area contributed by atoms with Crippen LogP contribution in [0.4, 0.5) is 5.69 Å². The lowest BCUT2D eigenvalue weighted by atomic mass is 9.94. The third-order valence-electron chi connectivity index (χ3n) is 6.08. The van der Waals surface area contributed by atoms with Crippen LogP contribution in [0, 0.1) is 6.92 Å². The molecule has 0 N–H and O–H groups in total. The number of aromatic nitrogens is 1. The van der Waals surface area contributed by atoms with Crippen molar-refractivity contribution in [3.05, 3.63) is 83.9 Å². The lowest BCUT2D eigenvalue weighted by molar-refractivity contribution is -0.139. The fourth-order valence-electron chi connectivity index (χ4n) is 4.35. The van der Waals surface area contributed by atoms with Gasteiger partial charge in [-0.3, -0.25) is 9.59 Å². The summed E-state index contributed by atoms with van der Waals surface area (Å²) in [5, 5.41) is 1.96. The number of carbonyl (C=O) groups is 2. The number of ether oxygens (including phenoxy) is 1. The molecule has 0 fully saturated rings. The molecule has 0 spiro atoms. The van der Waals surface area contributed by atoms with Crippen molar-refractivity contribution in [3.8, 4) is 0 Å². The molecule has 0 unspecified atom stereocenters. The van der Waals surface area contributed by atoms with E-state index < -0.39 is 6.04 Å².